The van der Waals surface area contributed by atoms with Crippen molar-refractivity contribution in [1.29, 1.82) is 0 Å². The summed E-state index contributed by atoms with van der Waals surface area (Å²) in [7, 11) is 2.48. The number of fused-ring (bicyclic) bond motifs is 1. The third-order valence-electron chi connectivity index (χ3n) is 5.19. The molecule has 0 saturated carbocycles. The van der Waals surface area contributed by atoms with Gasteiger partial charge in [0.15, 0.2) is 0 Å². The Bertz CT molecular complexity index is 1400. The van der Waals surface area contributed by atoms with Gasteiger partial charge < -0.3 is 15.2 Å². The third kappa shape index (κ3) is 3.54. The summed E-state index contributed by atoms with van der Waals surface area (Å²) in [4.78, 5) is 39.0. The first-order valence-electron chi connectivity index (χ1n) is 9.72. The minimum Gasteiger partial charge on any atom is -0.466 e. The van der Waals surface area contributed by atoms with Crippen LogP contribution in [-0.2, 0) is 19.1 Å². The maximum Gasteiger partial charge on any atom is 0.338 e. The van der Waals surface area contributed by atoms with Crippen LogP contribution in [0.5, 0.6) is 0 Å². The second kappa shape index (κ2) is 8.68. The van der Waals surface area contributed by atoms with Crippen LogP contribution in [-0.4, -0.2) is 30.7 Å². The highest BCUT2D eigenvalue weighted by Gasteiger charge is 2.39. The molecule has 0 amide bonds. The fourth-order valence-electron chi connectivity index (χ4n) is 3.74. The van der Waals surface area contributed by atoms with Gasteiger partial charge in [-0.1, -0.05) is 60.7 Å². The Morgan fingerprint density at radius 3 is 2.09 bits per heavy atom. The molecule has 0 radical (unpaired) electrons. The molecule has 1 aromatic heterocycles. The molecule has 0 aliphatic carbocycles. The van der Waals surface area contributed by atoms with Gasteiger partial charge in [0.05, 0.1) is 35.8 Å². The maximum atomic E-state index is 13.3. The number of rotatable bonds is 4. The maximum absolute atomic E-state index is 13.3. The number of aromatic nitrogens is 1. The van der Waals surface area contributed by atoms with E-state index in [1.165, 1.54) is 18.8 Å². The summed E-state index contributed by atoms with van der Waals surface area (Å²) in [6.07, 6.45) is 1.72. The number of nitrogens with two attached hydrogens (primary N) is 1. The first kappa shape index (κ1) is 21.3. The quantitative estimate of drug-likeness (QED) is 0.602. The Labute approximate surface area is 187 Å². The summed E-state index contributed by atoms with van der Waals surface area (Å²) in [6.45, 7) is 0. The van der Waals surface area contributed by atoms with E-state index in [0.29, 0.717) is 14.8 Å². The van der Waals surface area contributed by atoms with Crippen LogP contribution in [0.2, 0.25) is 0 Å². The summed E-state index contributed by atoms with van der Waals surface area (Å²) in [6, 6.07) is 18.3. The van der Waals surface area contributed by atoms with Crippen molar-refractivity contribution in [3.05, 3.63) is 96.9 Å². The van der Waals surface area contributed by atoms with Crippen LogP contribution in [0.4, 0.5) is 0 Å². The largest absolute Gasteiger partial charge is 0.466 e. The normalized spacial score (nSPS) is 16.0. The van der Waals surface area contributed by atoms with Gasteiger partial charge >= 0.3 is 11.9 Å². The minimum absolute atomic E-state index is 0.0118. The molecule has 7 nitrogen and oxygen atoms in total. The van der Waals surface area contributed by atoms with Crippen molar-refractivity contribution in [2.24, 2.45) is 5.73 Å². The number of esters is 2. The molecule has 0 fully saturated rings. The van der Waals surface area contributed by atoms with Crippen molar-refractivity contribution in [1.82, 2.24) is 4.57 Å². The highest BCUT2D eigenvalue weighted by molar-refractivity contribution is 7.07. The van der Waals surface area contributed by atoms with Gasteiger partial charge in [0, 0.05) is 0 Å². The van der Waals surface area contributed by atoms with Gasteiger partial charge in [-0.3, -0.25) is 9.36 Å². The van der Waals surface area contributed by atoms with Crippen molar-refractivity contribution >= 4 is 40.7 Å². The van der Waals surface area contributed by atoms with Crippen molar-refractivity contribution in [2.45, 2.75) is 5.92 Å². The molecule has 8 heteroatoms. The molecule has 1 aliphatic heterocycles. The number of carbonyl (C=O) groups excluding carboxylic acids is 2. The Balaban J connectivity index is 2.14. The number of hydrogen-bond acceptors (Lipinski definition) is 7. The van der Waals surface area contributed by atoms with Crippen molar-refractivity contribution < 1.29 is 19.1 Å². The van der Waals surface area contributed by atoms with Crippen LogP contribution in [0.25, 0.3) is 17.5 Å². The topological polar surface area (TPSA) is 101 Å². The van der Waals surface area contributed by atoms with Crippen LogP contribution < -0.4 is 20.5 Å². The zero-order valence-electron chi connectivity index (χ0n) is 17.4. The van der Waals surface area contributed by atoms with Crippen molar-refractivity contribution in [3.63, 3.8) is 0 Å². The summed E-state index contributed by atoms with van der Waals surface area (Å²) in [5.41, 5.74) is 7.58. The van der Waals surface area contributed by atoms with E-state index < -0.39 is 23.4 Å². The van der Waals surface area contributed by atoms with E-state index in [2.05, 4.69) is 0 Å². The fraction of sp³-hybridized carbons (Fsp3) is 0.125. The van der Waals surface area contributed by atoms with Crippen LogP contribution in [0.15, 0.2) is 71.0 Å². The lowest BCUT2D eigenvalue weighted by Crippen LogP contribution is -2.41. The lowest BCUT2D eigenvalue weighted by molar-refractivity contribution is -0.136. The van der Waals surface area contributed by atoms with E-state index in [-0.39, 0.29) is 17.0 Å². The highest BCUT2D eigenvalue weighted by Crippen LogP contribution is 2.37. The molecule has 4 rings (SSSR count). The molecule has 3 aromatic rings. The molecule has 2 heterocycles. The van der Waals surface area contributed by atoms with Gasteiger partial charge in [-0.2, -0.15) is 0 Å². The molecular formula is C24H20N2O5S. The lowest BCUT2D eigenvalue weighted by Gasteiger charge is -2.26. The van der Waals surface area contributed by atoms with E-state index in [1.807, 2.05) is 36.4 Å². The molecule has 2 N–H and O–H groups in total. The summed E-state index contributed by atoms with van der Waals surface area (Å²) in [5, 5.41) is 0. The molecule has 1 atom stereocenters. The zero-order valence-corrected chi connectivity index (χ0v) is 18.2. The smallest absolute Gasteiger partial charge is 0.338 e. The number of hydrogen-bond donors (Lipinski definition) is 1. The van der Waals surface area contributed by atoms with Crippen LogP contribution >= 0.6 is 11.3 Å². The fourth-order valence-corrected chi connectivity index (χ4v) is 4.91. The Kier molecular flexibility index (Phi) is 5.79. The molecule has 2 aromatic carbocycles. The predicted octanol–water partition coefficient (Wildman–Crippen LogP) is 1.16. The van der Waals surface area contributed by atoms with Gasteiger partial charge in [0.1, 0.15) is 10.5 Å². The minimum atomic E-state index is -0.848. The van der Waals surface area contributed by atoms with E-state index >= 15 is 0 Å². The number of methoxy groups -OCH3 is 2. The van der Waals surface area contributed by atoms with Gasteiger partial charge in [-0.05, 0) is 17.2 Å². The van der Waals surface area contributed by atoms with Gasteiger partial charge in [-0.15, -0.1) is 11.3 Å². The molecule has 0 spiro atoms. The molecule has 1 unspecified atom stereocenters. The molecule has 0 bridgehead atoms. The Morgan fingerprint density at radius 2 is 1.50 bits per heavy atom. The summed E-state index contributed by atoms with van der Waals surface area (Å²) in [5.74, 6) is -2.30. The van der Waals surface area contributed by atoms with E-state index in [4.69, 9.17) is 15.2 Å². The summed E-state index contributed by atoms with van der Waals surface area (Å²) < 4.78 is 11.9. The van der Waals surface area contributed by atoms with Crippen molar-refractivity contribution in [3.8, 4) is 0 Å². The number of ether oxygens (including phenoxy) is 2. The second-order valence-electron chi connectivity index (χ2n) is 7.01. The standard InChI is InChI=1S/C24H20N2O5S/c1-30-23(28)18-17(15-11-7-4-8-12-15)19(24(29)31-2)22-26(20(18)25)21(27)16(32-22)13-14-9-5-3-6-10-14/h3-13,17H,25H2,1-2H3. The summed E-state index contributed by atoms with van der Waals surface area (Å²) >= 11 is 1.12. The average molecular weight is 449 g/mol. The van der Waals surface area contributed by atoms with Gasteiger partial charge in [0.2, 0.25) is 0 Å². The molecular weight excluding hydrogens is 428 g/mol. The molecule has 32 heavy (non-hydrogen) atoms. The monoisotopic (exact) mass is 448 g/mol. The molecule has 0 saturated heterocycles. The Morgan fingerprint density at radius 1 is 0.938 bits per heavy atom. The van der Waals surface area contributed by atoms with Crippen molar-refractivity contribution in [2.75, 3.05) is 14.2 Å². The van der Waals surface area contributed by atoms with Gasteiger partial charge in [-0.25, -0.2) is 9.59 Å². The molecule has 162 valence electrons. The van der Waals surface area contributed by atoms with E-state index in [0.717, 1.165) is 16.9 Å². The third-order valence-corrected chi connectivity index (χ3v) is 6.30. The van der Waals surface area contributed by atoms with E-state index in [1.54, 1.807) is 30.3 Å². The zero-order chi connectivity index (χ0) is 22.8. The Hall–Kier alpha value is -3.91. The first-order chi connectivity index (χ1) is 15.5. The number of benzene rings is 2. The van der Waals surface area contributed by atoms with Gasteiger partial charge in [0.25, 0.3) is 5.56 Å². The van der Waals surface area contributed by atoms with E-state index in [9.17, 15) is 14.4 Å². The average Bonchev–Trinajstić information content (AvgIpc) is 3.15. The predicted molar refractivity (Wildman–Crippen MR) is 122 cm³/mol. The first-order valence-corrected chi connectivity index (χ1v) is 10.5. The van der Waals surface area contributed by atoms with Crippen LogP contribution in [0, 0.1) is 0 Å². The van der Waals surface area contributed by atoms with Crippen LogP contribution in [0.1, 0.15) is 17.0 Å². The molecule has 1 aliphatic rings. The number of thiazole rings is 1. The second-order valence-corrected chi connectivity index (χ2v) is 8.04. The number of nitrogens with zero attached hydrogens (tertiary/aromatic N) is 1. The lowest BCUT2D eigenvalue weighted by atomic mass is 9.83. The number of carbonyl (C=O) groups is 2. The SMILES string of the molecule is COC(=O)C1=C(N)n2c(sc(=Cc3ccccc3)c2=O)=C(C(=O)OC)C1c1ccccc1. The highest BCUT2D eigenvalue weighted by atomic mass is 32.1. The van der Waals surface area contributed by atoms with Crippen LogP contribution in [0.3, 0.4) is 0 Å².